The lowest BCUT2D eigenvalue weighted by molar-refractivity contribution is -0.145. The molecule has 0 aliphatic carbocycles. The minimum atomic E-state index is -0.286. The first kappa shape index (κ1) is 19.5. The van der Waals surface area contributed by atoms with Gasteiger partial charge >= 0.3 is 11.9 Å². The summed E-state index contributed by atoms with van der Waals surface area (Å²) in [6.07, 6.45) is 4.64. The fraction of sp³-hybridized carbons (Fsp3) is 0.556. The van der Waals surface area contributed by atoms with Gasteiger partial charge in [0, 0.05) is 24.3 Å². The van der Waals surface area contributed by atoms with Gasteiger partial charge in [-0.05, 0) is 30.5 Å². The minimum Gasteiger partial charge on any atom is -0.466 e. The number of benzene rings is 1. The molecule has 0 unspecified atom stereocenters. The highest BCUT2D eigenvalue weighted by Gasteiger charge is 2.07. The van der Waals surface area contributed by atoms with Gasteiger partial charge in [-0.25, -0.2) is 0 Å². The SMILES string of the molecule is CCCCCOC(=O)CCCC(=O)OCCc1cccc(Cl)c1. The van der Waals surface area contributed by atoms with Crippen LogP contribution in [0.25, 0.3) is 0 Å². The quantitative estimate of drug-likeness (QED) is 0.444. The molecule has 0 N–H and O–H groups in total. The van der Waals surface area contributed by atoms with Crippen LogP contribution in [0.2, 0.25) is 5.02 Å². The predicted molar refractivity (Wildman–Crippen MR) is 90.5 cm³/mol. The number of hydrogen-bond acceptors (Lipinski definition) is 4. The molecule has 0 spiro atoms. The van der Waals surface area contributed by atoms with Crippen molar-refractivity contribution in [2.24, 2.45) is 0 Å². The molecule has 0 aliphatic heterocycles. The molecule has 0 saturated heterocycles. The number of hydrogen-bond donors (Lipinski definition) is 0. The lowest BCUT2D eigenvalue weighted by atomic mass is 10.2. The second-order valence-corrected chi connectivity index (χ2v) is 5.82. The van der Waals surface area contributed by atoms with Gasteiger partial charge in [0.25, 0.3) is 0 Å². The van der Waals surface area contributed by atoms with E-state index in [9.17, 15) is 9.59 Å². The van der Waals surface area contributed by atoms with E-state index in [2.05, 4.69) is 6.92 Å². The molecule has 0 radical (unpaired) electrons. The third-order valence-electron chi connectivity index (χ3n) is 3.32. The van der Waals surface area contributed by atoms with Crippen molar-refractivity contribution < 1.29 is 19.1 Å². The molecule has 0 aliphatic rings. The van der Waals surface area contributed by atoms with E-state index >= 15 is 0 Å². The molecule has 0 aromatic heterocycles. The lowest BCUT2D eigenvalue weighted by Crippen LogP contribution is -2.10. The normalized spacial score (nSPS) is 10.3. The number of halogens is 1. The highest BCUT2D eigenvalue weighted by Crippen LogP contribution is 2.11. The number of rotatable bonds is 11. The van der Waals surface area contributed by atoms with E-state index in [0.717, 1.165) is 24.8 Å². The van der Waals surface area contributed by atoms with Crippen molar-refractivity contribution in [2.75, 3.05) is 13.2 Å². The molecule has 5 heteroatoms. The monoisotopic (exact) mass is 340 g/mol. The second-order valence-electron chi connectivity index (χ2n) is 5.38. The summed E-state index contributed by atoms with van der Waals surface area (Å²) in [6, 6.07) is 7.46. The summed E-state index contributed by atoms with van der Waals surface area (Å²) in [5.74, 6) is -0.529. The van der Waals surface area contributed by atoms with Crippen molar-refractivity contribution in [3.8, 4) is 0 Å². The van der Waals surface area contributed by atoms with Gasteiger partial charge in [-0.2, -0.15) is 0 Å². The number of ether oxygens (including phenoxy) is 2. The van der Waals surface area contributed by atoms with Crippen molar-refractivity contribution in [2.45, 2.75) is 51.9 Å². The standard InChI is InChI=1S/C18H25ClO4/c1-2-3-4-12-22-17(20)9-6-10-18(21)23-13-11-15-7-5-8-16(19)14-15/h5,7-8,14H,2-4,6,9-13H2,1H3. The van der Waals surface area contributed by atoms with Crippen LogP contribution < -0.4 is 0 Å². The van der Waals surface area contributed by atoms with E-state index < -0.39 is 0 Å². The third-order valence-corrected chi connectivity index (χ3v) is 3.55. The van der Waals surface area contributed by atoms with Crippen molar-refractivity contribution in [1.82, 2.24) is 0 Å². The highest BCUT2D eigenvalue weighted by atomic mass is 35.5. The third kappa shape index (κ3) is 9.95. The fourth-order valence-corrected chi connectivity index (χ4v) is 2.25. The largest absolute Gasteiger partial charge is 0.466 e. The van der Waals surface area contributed by atoms with Gasteiger partial charge < -0.3 is 9.47 Å². The summed E-state index contributed by atoms with van der Waals surface area (Å²) < 4.78 is 10.2. The molecule has 23 heavy (non-hydrogen) atoms. The predicted octanol–water partition coefficient (Wildman–Crippen LogP) is 4.33. The number of carbonyl (C=O) groups excluding carboxylic acids is 2. The van der Waals surface area contributed by atoms with Gasteiger partial charge in [0.2, 0.25) is 0 Å². The molecule has 0 atom stereocenters. The molecule has 0 heterocycles. The zero-order valence-electron chi connectivity index (χ0n) is 13.7. The minimum absolute atomic E-state index is 0.236. The number of carbonyl (C=O) groups is 2. The summed E-state index contributed by atoms with van der Waals surface area (Å²) >= 11 is 5.89. The fourth-order valence-electron chi connectivity index (χ4n) is 2.03. The van der Waals surface area contributed by atoms with E-state index in [1.54, 1.807) is 6.07 Å². The molecule has 4 nitrogen and oxygen atoms in total. The Labute approximate surface area is 143 Å². The average molecular weight is 341 g/mol. The maximum Gasteiger partial charge on any atom is 0.305 e. The molecule has 1 rings (SSSR count). The average Bonchev–Trinajstić information content (AvgIpc) is 2.52. The van der Waals surface area contributed by atoms with Crippen LogP contribution in [0, 0.1) is 0 Å². The van der Waals surface area contributed by atoms with E-state index in [4.69, 9.17) is 21.1 Å². The maximum atomic E-state index is 11.6. The van der Waals surface area contributed by atoms with E-state index in [-0.39, 0.29) is 24.8 Å². The van der Waals surface area contributed by atoms with Crippen molar-refractivity contribution >= 4 is 23.5 Å². The summed E-state index contributed by atoms with van der Waals surface area (Å²) in [7, 11) is 0. The first-order chi connectivity index (χ1) is 11.1. The zero-order valence-corrected chi connectivity index (χ0v) is 14.4. The Bertz CT molecular complexity index is 488. The second kappa shape index (κ2) is 11.9. The molecule has 0 saturated carbocycles. The summed E-state index contributed by atoms with van der Waals surface area (Å²) in [5, 5.41) is 0.672. The molecule has 1 aromatic carbocycles. The molecule has 0 amide bonds. The van der Waals surface area contributed by atoms with Crippen LogP contribution in [0.4, 0.5) is 0 Å². The Morgan fingerprint density at radius 1 is 1.00 bits per heavy atom. The van der Waals surface area contributed by atoms with Gasteiger partial charge in [-0.3, -0.25) is 9.59 Å². The van der Waals surface area contributed by atoms with Gasteiger partial charge in [0.1, 0.15) is 0 Å². The lowest BCUT2D eigenvalue weighted by Gasteiger charge is -2.06. The van der Waals surface area contributed by atoms with E-state index in [1.807, 2.05) is 18.2 Å². The van der Waals surface area contributed by atoms with Crippen LogP contribution in [0.5, 0.6) is 0 Å². The summed E-state index contributed by atoms with van der Waals surface area (Å²) in [4.78, 5) is 23.0. The Hall–Kier alpha value is -1.55. The van der Waals surface area contributed by atoms with Crippen LogP contribution >= 0.6 is 11.6 Å². The summed E-state index contributed by atoms with van der Waals surface area (Å²) in [6.45, 7) is 2.89. The first-order valence-corrected chi connectivity index (χ1v) is 8.55. The molecular formula is C18H25ClO4. The Morgan fingerprint density at radius 3 is 2.35 bits per heavy atom. The van der Waals surface area contributed by atoms with Crippen LogP contribution in [-0.4, -0.2) is 25.2 Å². The van der Waals surface area contributed by atoms with Crippen molar-refractivity contribution in [3.63, 3.8) is 0 Å². The van der Waals surface area contributed by atoms with Crippen LogP contribution in [0.15, 0.2) is 24.3 Å². The first-order valence-electron chi connectivity index (χ1n) is 8.17. The Kier molecular flexibility index (Phi) is 10.1. The van der Waals surface area contributed by atoms with Gasteiger partial charge in [0.15, 0.2) is 0 Å². The highest BCUT2D eigenvalue weighted by molar-refractivity contribution is 6.30. The van der Waals surface area contributed by atoms with Crippen LogP contribution in [-0.2, 0) is 25.5 Å². The van der Waals surface area contributed by atoms with Gasteiger partial charge in [0.05, 0.1) is 13.2 Å². The molecule has 0 bridgehead atoms. The molecule has 128 valence electrons. The van der Waals surface area contributed by atoms with E-state index in [0.29, 0.717) is 31.1 Å². The van der Waals surface area contributed by atoms with Crippen LogP contribution in [0.3, 0.4) is 0 Å². The topological polar surface area (TPSA) is 52.6 Å². The van der Waals surface area contributed by atoms with Crippen molar-refractivity contribution in [3.05, 3.63) is 34.9 Å². The Morgan fingerprint density at radius 2 is 1.70 bits per heavy atom. The van der Waals surface area contributed by atoms with Gasteiger partial charge in [-0.1, -0.05) is 43.5 Å². The number of esters is 2. The number of unbranched alkanes of at least 4 members (excludes halogenated alkanes) is 2. The van der Waals surface area contributed by atoms with Crippen molar-refractivity contribution in [1.29, 1.82) is 0 Å². The van der Waals surface area contributed by atoms with Crippen LogP contribution in [0.1, 0.15) is 51.0 Å². The Balaban J connectivity index is 2.05. The van der Waals surface area contributed by atoms with Gasteiger partial charge in [-0.15, -0.1) is 0 Å². The maximum absolute atomic E-state index is 11.6. The molecule has 0 fully saturated rings. The zero-order chi connectivity index (χ0) is 16.9. The smallest absolute Gasteiger partial charge is 0.305 e. The van der Waals surface area contributed by atoms with E-state index in [1.165, 1.54) is 0 Å². The summed E-state index contributed by atoms with van der Waals surface area (Å²) in [5.41, 5.74) is 1.03. The molecule has 1 aromatic rings. The molecular weight excluding hydrogens is 316 g/mol.